The van der Waals surface area contributed by atoms with Crippen LogP contribution in [0.4, 0.5) is 5.69 Å². The van der Waals surface area contributed by atoms with E-state index in [1.54, 1.807) is 17.8 Å². The summed E-state index contributed by atoms with van der Waals surface area (Å²) in [6, 6.07) is 5.55. The van der Waals surface area contributed by atoms with Crippen LogP contribution in [0.1, 0.15) is 29.3 Å². The number of hydrogen-bond donors (Lipinski definition) is 3. The molecule has 5 heteroatoms. The van der Waals surface area contributed by atoms with Crippen molar-refractivity contribution in [3.05, 3.63) is 29.3 Å². The van der Waals surface area contributed by atoms with Crippen molar-refractivity contribution >= 4 is 23.4 Å². The van der Waals surface area contributed by atoms with E-state index in [9.17, 15) is 4.79 Å². The number of anilines is 1. The Morgan fingerprint density at radius 1 is 1.50 bits per heavy atom. The molecule has 1 aromatic rings. The van der Waals surface area contributed by atoms with Gasteiger partial charge < -0.3 is 10.7 Å². The molecule has 0 radical (unpaired) electrons. The number of amides is 1. The molecular weight excluding hydrogens is 246 g/mol. The fraction of sp³-hybridized carbons (Fsp3) is 0.462. The minimum Gasteiger partial charge on any atom is -0.352 e. The number of rotatable bonds is 6. The quantitative estimate of drug-likeness (QED) is 0.546. The van der Waals surface area contributed by atoms with Crippen molar-refractivity contribution in [1.82, 2.24) is 5.32 Å². The Morgan fingerprint density at radius 2 is 2.22 bits per heavy atom. The molecule has 1 rings (SSSR count). The third kappa shape index (κ3) is 4.23. The van der Waals surface area contributed by atoms with E-state index in [0.29, 0.717) is 23.0 Å². The van der Waals surface area contributed by atoms with E-state index in [0.717, 1.165) is 12.0 Å². The van der Waals surface area contributed by atoms with Gasteiger partial charge in [0.15, 0.2) is 0 Å². The van der Waals surface area contributed by atoms with Crippen LogP contribution < -0.4 is 16.6 Å². The number of nitrogen functional groups attached to an aromatic ring is 1. The van der Waals surface area contributed by atoms with Gasteiger partial charge in [0.05, 0.1) is 11.3 Å². The molecule has 0 spiro atoms. The number of aryl methyl sites for hydroxylation is 1. The molecule has 0 saturated carbocycles. The van der Waals surface area contributed by atoms with Gasteiger partial charge in [-0.25, -0.2) is 0 Å². The van der Waals surface area contributed by atoms with Crippen molar-refractivity contribution < 1.29 is 4.79 Å². The first-order valence-electron chi connectivity index (χ1n) is 5.96. The first kappa shape index (κ1) is 14.9. The normalized spacial score (nSPS) is 12.0. The van der Waals surface area contributed by atoms with Crippen LogP contribution in [0.3, 0.4) is 0 Å². The van der Waals surface area contributed by atoms with Crippen LogP contribution in [-0.2, 0) is 0 Å². The lowest BCUT2D eigenvalue weighted by Crippen LogP contribution is -2.27. The van der Waals surface area contributed by atoms with Crippen LogP contribution in [0.25, 0.3) is 0 Å². The Labute approximate surface area is 113 Å². The maximum atomic E-state index is 12.0. The van der Waals surface area contributed by atoms with Gasteiger partial charge in [-0.1, -0.05) is 13.0 Å². The lowest BCUT2D eigenvalue weighted by atomic mass is 10.1. The van der Waals surface area contributed by atoms with Crippen LogP contribution in [0.5, 0.6) is 0 Å². The highest BCUT2D eigenvalue weighted by Crippen LogP contribution is 2.16. The number of benzene rings is 1. The Morgan fingerprint density at radius 3 is 2.83 bits per heavy atom. The third-order valence-corrected chi connectivity index (χ3v) is 3.85. The van der Waals surface area contributed by atoms with E-state index in [-0.39, 0.29) is 5.91 Å². The van der Waals surface area contributed by atoms with Crippen molar-refractivity contribution in [2.24, 2.45) is 5.84 Å². The van der Waals surface area contributed by atoms with Crippen LogP contribution in [0.15, 0.2) is 18.2 Å². The summed E-state index contributed by atoms with van der Waals surface area (Å²) < 4.78 is 0. The molecule has 0 fully saturated rings. The fourth-order valence-electron chi connectivity index (χ4n) is 1.58. The summed E-state index contributed by atoms with van der Waals surface area (Å²) in [5.74, 6) is 5.34. The molecule has 18 heavy (non-hydrogen) atoms. The highest BCUT2D eigenvalue weighted by molar-refractivity contribution is 7.99. The monoisotopic (exact) mass is 267 g/mol. The highest BCUT2D eigenvalue weighted by Gasteiger charge is 2.10. The summed E-state index contributed by atoms with van der Waals surface area (Å²) in [4.78, 5) is 12.0. The summed E-state index contributed by atoms with van der Waals surface area (Å²) in [5, 5.41) is 3.46. The van der Waals surface area contributed by atoms with Gasteiger partial charge >= 0.3 is 0 Å². The molecule has 4 N–H and O–H groups in total. The van der Waals surface area contributed by atoms with Crippen LogP contribution in [0.2, 0.25) is 0 Å². The van der Waals surface area contributed by atoms with Gasteiger partial charge in [-0.3, -0.25) is 10.6 Å². The average molecular weight is 267 g/mol. The van der Waals surface area contributed by atoms with Gasteiger partial charge in [0.2, 0.25) is 0 Å². The van der Waals surface area contributed by atoms with Crippen LogP contribution in [0, 0.1) is 6.92 Å². The number of hydrogen-bond acceptors (Lipinski definition) is 4. The topological polar surface area (TPSA) is 67.2 Å². The zero-order valence-corrected chi connectivity index (χ0v) is 11.9. The van der Waals surface area contributed by atoms with E-state index in [2.05, 4.69) is 23.9 Å². The second-order valence-electron chi connectivity index (χ2n) is 4.28. The van der Waals surface area contributed by atoms with Crippen LogP contribution in [-0.4, -0.2) is 24.0 Å². The number of nitrogens with two attached hydrogens (primary N) is 1. The Hall–Kier alpha value is -1.20. The van der Waals surface area contributed by atoms with Crippen LogP contribution >= 0.6 is 11.8 Å². The smallest absolute Gasteiger partial charge is 0.253 e. The van der Waals surface area contributed by atoms with Gasteiger partial charge in [0.1, 0.15) is 0 Å². The van der Waals surface area contributed by atoms with E-state index in [1.807, 2.05) is 19.1 Å². The largest absolute Gasteiger partial charge is 0.352 e. The van der Waals surface area contributed by atoms with Gasteiger partial charge in [0.25, 0.3) is 5.91 Å². The predicted octanol–water partition coefficient (Wildman–Crippen LogP) is 2.15. The number of hydrazine groups is 1. The molecule has 1 amide bonds. The molecule has 0 aliphatic carbocycles. The summed E-state index contributed by atoms with van der Waals surface area (Å²) in [6.45, 7) is 4.79. The first-order chi connectivity index (χ1) is 8.58. The minimum atomic E-state index is -0.0868. The van der Waals surface area contributed by atoms with E-state index in [4.69, 9.17) is 5.84 Å². The molecule has 1 atom stereocenters. The van der Waals surface area contributed by atoms with Gasteiger partial charge in [0, 0.05) is 11.8 Å². The molecule has 1 aromatic carbocycles. The van der Waals surface area contributed by atoms with E-state index >= 15 is 0 Å². The zero-order valence-electron chi connectivity index (χ0n) is 11.1. The van der Waals surface area contributed by atoms with Crippen molar-refractivity contribution in [1.29, 1.82) is 0 Å². The molecule has 0 saturated heterocycles. The van der Waals surface area contributed by atoms with Crippen molar-refractivity contribution in [2.75, 3.05) is 18.2 Å². The highest BCUT2D eigenvalue weighted by atomic mass is 32.2. The maximum Gasteiger partial charge on any atom is 0.253 e. The Bertz CT molecular complexity index is 409. The van der Waals surface area contributed by atoms with E-state index < -0.39 is 0 Å². The molecule has 0 aromatic heterocycles. The van der Waals surface area contributed by atoms with Gasteiger partial charge in [-0.15, -0.1) is 0 Å². The lowest BCUT2D eigenvalue weighted by molar-refractivity contribution is 0.0954. The molecule has 0 bridgehead atoms. The fourth-order valence-corrected chi connectivity index (χ4v) is 1.93. The number of nitrogens with one attached hydrogen (secondary N) is 2. The second kappa shape index (κ2) is 7.28. The SMILES string of the molecule is CSC(C)CCNC(=O)c1ccc(C)cc1NN. The summed E-state index contributed by atoms with van der Waals surface area (Å²) >= 11 is 1.80. The maximum absolute atomic E-state index is 12.0. The number of carbonyl (C=O) groups excluding carboxylic acids is 1. The molecule has 4 nitrogen and oxygen atoms in total. The molecule has 0 aliphatic heterocycles. The second-order valence-corrected chi connectivity index (χ2v) is 5.56. The standard InChI is InChI=1S/C13H21N3OS/c1-9-4-5-11(12(8-9)16-14)13(17)15-7-6-10(2)18-3/h4-5,8,10,16H,6-7,14H2,1-3H3,(H,15,17). The third-order valence-electron chi connectivity index (χ3n) is 2.81. The number of carbonyl (C=O) groups is 1. The first-order valence-corrected chi connectivity index (χ1v) is 7.25. The number of thioether (sulfide) groups is 1. The van der Waals surface area contributed by atoms with Gasteiger partial charge in [-0.05, 0) is 37.3 Å². The van der Waals surface area contributed by atoms with Crippen molar-refractivity contribution in [3.63, 3.8) is 0 Å². The molecule has 100 valence electrons. The summed E-state index contributed by atoms with van der Waals surface area (Å²) in [7, 11) is 0. The zero-order chi connectivity index (χ0) is 13.5. The molecule has 1 unspecified atom stereocenters. The molecular formula is C13H21N3OS. The minimum absolute atomic E-state index is 0.0868. The Kier molecular flexibility index (Phi) is 6.01. The average Bonchev–Trinajstić information content (AvgIpc) is 2.37. The lowest BCUT2D eigenvalue weighted by Gasteiger charge is -2.12. The summed E-state index contributed by atoms with van der Waals surface area (Å²) in [5.41, 5.74) is 4.87. The molecule has 0 aliphatic rings. The predicted molar refractivity (Wildman–Crippen MR) is 78.9 cm³/mol. The van der Waals surface area contributed by atoms with Gasteiger partial charge in [-0.2, -0.15) is 11.8 Å². The van der Waals surface area contributed by atoms with Crippen molar-refractivity contribution in [3.8, 4) is 0 Å². The van der Waals surface area contributed by atoms with E-state index in [1.165, 1.54) is 0 Å². The van der Waals surface area contributed by atoms with Crippen molar-refractivity contribution in [2.45, 2.75) is 25.5 Å². The molecule has 0 heterocycles. The Balaban J connectivity index is 2.61. The summed E-state index contributed by atoms with van der Waals surface area (Å²) in [6.07, 6.45) is 3.03.